The Kier molecular flexibility index (Phi) is 3.67. The van der Waals surface area contributed by atoms with Crippen LogP contribution in [0.1, 0.15) is 12.5 Å². The predicted molar refractivity (Wildman–Crippen MR) is 81.7 cm³/mol. The number of carbonyl (C=O) groups is 1. The summed E-state index contributed by atoms with van der Waals surface area (Å²) in [6.45, 7) is 1.94. The van der Waals surface area contributed by atoms with Gasteiger partial charge in [0.05, 0.1) is 29.4 Å². The molecule has 2 aromatic heterocycles. The molecule has 22 heavy (non-hydrogen) atoms. The zero-order valence-corrected chi connectivity index (χ0v) is 12.1. The van der Waals surface area contributed by atoms with Gasteiger partial charge in [-0.3, -0.25) is 0 Å². The summed E-state index contributed by atoms with van der Waals surface area (Å²) >= 11 is 0. The average molecular weight is 294 g/mol. The molecule has 1 aromatic carbocycles. The smallest absolute Gasteiger partial charge is 0.344 e. The lowest BCUT2D eigenvalue weighted by atomic mass is 10.2. The molecule has 0 aliphatic heterocycles. The molecule has 0 N–H and O–H groups in total. The first-order valence-electron chi connectivity index (χ1n) is 6.96. The van der Waals surface area contributed by atoms with Crippen LogP contribution in [-0.4, -0.2) is 23.6 Å². The minimum absolute atomic E-state index is 0.135. The zero-order chi connectivity index (χ0) is 15.5. The van der Waals surface area contributed by atoms with Crippen molar-refractivity contribution in [1.29, 1.82) is 5.26 Å². The van der Waals surface area contributed by atoms with Gasteiger partial charge in [-0.25, -0.2) is 4.79 Å². The second-order valence-electron chi connectivity index (χ2n) is 4.72. The van der Waals surface area contributed by atoms with Crippen LogP contribution < -0.4 is 4.74 Å². The van der Waals surface area contributed by atoms with Crippen LogP contribution in [0, 0.1) is 11.3 Å². The summed E-state index contributed by atoms with van der Waals surface area (Å²) < 4.78 is 12.2. The SMILES string of the molecule is CCOC(=O)COc1ccc2c(C#N)c3ccccc3n2c1. The maximum Gasteiger partial charge on any atom is 0.344 e. The van der Waals surface area contributed by atoms with E-state index < -0.39 is 5.97 Å². The monoisotopic (exact) mass is 294 g/mol. The van der Waals surface area contributed by atoms with E-state index in [4.69, 9.17) is 9.47 Å². The van der Waals surface area contributed by atoms with Crippen molar-refractivity contribution in [2.75, 3.05) is 13.2 Å². The van der Waals surface area contributed by atoms with E-state index in [9.17, 15) is 10.1 Å². The Bertz CT molecular complexity index is 890. The predicted octanol–water partition coefficient (Wildman–Crippen LogP) is 2.91. The van der Waals surface area contributed by atoms with Crippen LogP contribution >= 0.6 is 0 Å². The summed E-state index contributed by atoms with van der Waals surface area (Å²) in [5, 5.41) is 10.3. The second-order valence-corrected chi connectivity index (χ2v) is 4.72. The van der Waals surface area contributed by atoms with Crippen molar-refractivity contribution in [3.05, 3.63) is 48.2 Å². The fourth-order valence-corrected chi connectivity index (χ4v) is 2.47. The number of esters is 1. The lowest BCUT2D eigenvalue weighted by molar-refractivity contribution is -0.145. The number of pyridine rings is 1. The average Bonchev–Trinajstić information content (AvgIpc) is 2.86. The highest BCUT2D eigenvalue weighted by Crippen LogP contribution is 2.27. The first-order valence-corrected chi connectivity index (χ1v) is 6.96. The van der Waals surface area contributed by atoms with Gasteiger partial charge in [0, 0.05) is 5.39 Å². The minimum Gasteiger partial charge on any atom is -0.480 e. The molecule has 0 bridgehead atoms. The van der Waals surface area contributed by atoms with Gasteiger partial charge in [0.2, 0.25) is 0 Å². The Balaban J connectivity index is 2.01. The molecule has 2 heterocycles. The summed E-state index contributed by atoms with van der Waals surface area (Å²) in [6, 6.07) is 13.5. The van der Waals surface area contributed by atoms with Gasteiger partial charge in [0.15, 0.2) is 6.61 Å². The maximum atomic E-state index is 11.3. The van der Waals surface area contributed by atoms with E-state index in [2.05, 4.69) is 6.07 Å². The minimum atomic E-state index is -0.405. The van der Waals surface area contributed by atoms with Crippen molar-refractivity contribution in [3.63, 3.8) is 0 Å². The number of para-hydroxylation sites is 1. The number of ether oxygens (including phenoxy) is 2. The molecule has 0 spiro atoms. The Morgan fingerprint density at radius 2 is 2.05 bits per heavy atom. The van der Waals surface area contributed by atoms with Crippen LogP contribution in [0.3, 0.4) is 0 Å². The van der Waals surface area contributed by atoms with Crippen LogP contribution in [0.4, 0.5) is 0 Å². The van der Waals surface area contributed by atoms with Crippen molar-refractivity contribution in [1.82, 2.24) is 4.40 Å². The Morgan fingerprint density at radius 1 is 1.23 bits per heavy atom. The van der Waals surface area contributed by atoms with Crippen LogP contribution in [0.15, 0.2) is 42.6 Å². The van der Waals surface area contributed by atoms with Gasteiger partial charge in [0.25, 0.3) is 0 Å². The standard InChI is InChI=1S/C17H14N2O3/c1-2-21-17(20)11-22-12-7-8-16-14(9-18)13-5-3-4-6-15(13)19(16)10-12/h3-8,10H,2,11H2,1H3. The number of hydrogen-bond acceptors (Lipinski definition) is 4. The highest BCUT2D eigenvalue weighted by Gasteiger charge is 2.12. The van der Waals surface area contributed by atoms with Gasteiger partial charge in [-0.05, 0) is 25.1 Å². The number of nitriles is 1. The Hall–Kier alpha value is -3.00. The molecule has 5 nitrogen and oxygen atoms in total. The second kappa shape index (κ2) is 5.78. The molecule has 5 heteroatoms. The van der Waals surface area contributed by atoms with E-state index in [0.717, 1.165) is 16.4 Å². The molecule has 0 radical (unpaired) electrons. The van der Waals surface area contributed by atoms with E-state index in [1.807, 2.05) is 34.7 Å². The third kappa shape index (κ3) is 2.35. The molecule has 0 amide bonds. The van der Waals surface area contributed by atoms with Gasteiger partial charge in [-0.2, -0.15) is 5.26 Å². The van der Waals surface area contributed by atoms with Gasteiger partial charge in [0.1, 0.15) is 11.8 Å². The van der Waals surface area contributed by atoms with Crippen molar-refractivity contribution in [2.45, 2.75) is 6.92 Å². The Morgan fingerprint density at radius 3 is 2.82 bits per heavy atom. The first-order chi connectivity index (χ1) is 10.7. The van der Waals surface area contributed by atoms with Crippen LogP contribution in [0.2, 0.25) is 0 Å². The summed E-state index contributed by atoms with van der Waals surface area (Å²) in [4.78, 5) is 11.3. The van der Waals surface area contributed by atoms with Gasteiger partial charge in [-0.1, -0.05) is 18.2 Å². The van der Waals surface area contributed by atoms with Gasteiger partial charge in [-0.15, -0.1) is 0 Å². The lowest BCUT2D eigenvalue weighted by Gasteiger charge is -2.06. The number of fused-ring (bicyclic) bond motifs is 3. The summed E-state index contributed by atoms with van der Waals surface area (Å²) in [5.41, 5.74) is 2.37. The van der Waals surface area contributed by atoms with E-state index in [1.54, 1.807) is 19.2 Å². The van der Waals surface area contributed by atoms with Crippen LogP contribution in [0.5, 0.6) is 5.75 Å². The maximum absolute atomic E-state index is 11.3. The molecule has 3 rings (SSSR count). The largest absolute Gasteiger partial charge is 0.480 e. The van der Waals surface area contributed by atoms with Crippen molar-refractivity contribution in [3.8, 4) is 11.8 Å². The third-order valence-electron chi connectivity index (χ3n) is 3.38. The van der Waals surface area contributed by atoms with Crippen LogP contribution in [-0.2, 0) is 9.53 Å². The molecule has 0 aliphatic carbocycles. The number of hydrogen-bond donors (Lipinski definition) is 0. The number of aromatic nitrogens is 1. The molecule has 0 saturated heterocycles. The van der Waals surface area contributed by atoms with E-state index in [-0.39, 0.29) is 6.61 Å². The molecule has 0 atom stereocenters. The van der Waals surface area contributed by atoms with E-state index in [0.29, 0.717) is 17.9 Å². The molecular weight excluding hydrogens is 280 g/mol. The highest BCUT2D eigenvalue weighted by atomic mass is 16.6. The zero-order valence-electron chi connectivity index (χ0n) is 12.1. The van der Waals surface area contributed by atoms with Crippen LogP contribution in [0.25, 0.3) is 16.4 Å². The first kappa shape index (κ1) is 14.0. The number of rotatable bonds is 4. The Labute approximate surface area is 127 Å². The van der Waals surface area contributed by atoms with Crippen molar-refractivity contribution < 1.29 is 14.3 Å². The van der Waals surface area contributed by atoms with E-state index >= 15 is 0 Å². The molecule has 0 fully saturated rings. The third-order valence-corrected chi connectivity index (χ3v) is 3.38. The molecule has 110 valence electrons. The molecule has 0 saturated carbocycles. The summed E-state index contributed by atoms with van der Waals surface area (Å²) in [7, 11) is 0. The topological polar surface area (TPSA) is 63.7 Å². The van der Waals surface area contributed by atoms with Crippen molar-refractivity contribution in [2.24, 2.45) is 0 Å². The summed E-state index contributed by atoms with van der Waals surface area (Å²) in [5.74, 6) is 0.142. The molecule has 0 unspecified atom stereocenters. The van der Waals surface area contributed by atoms with Gasteiger partial charge < -0.3 is 13.9 Å². The number of nitrogens with zero attached hydrogens (tertiary/aromatic N) is 2. The summed E-state index contributed by atoms with van der Waals surface area (Å²) in [6.07, 6.45) is 1.78. The number of carbonyl (C=O) groups excluding carboxylic acids is 1. The fourth-order valence-electron chi connectivity index (χ4n) is 2.47. The fraction of sp³-hybridized carbons (Fsp3) is 0.176. The molecular formula is C17H14N2O3. The quantitative estimate of drug-likeness (QED) is 0.694. The van der Waals surface area contributed by atoms with E-state index in [1.165, 1.54) is 0 Å². The molecule has 0 aliphatic rings. The van der Waals surface area contributed by atoms with Gasteiger partial charge >= 0.3 is 5.97 Å². The number of benzene rings is 1. The molecule has 3 aromatic rings. The van der Waals surface area contributed by atoms with Crippen molar-refractivity contribution >= 4 is 22.4 Å². The normalized spacial score (nSPS) is 10.5. The highest BCUT2D eigenvalue weighted by molar-refractivity contribution is 5.95. The lowest BCUT2D eigenvalue weighted by Crippen LogP contribution is -2.14.